The molecule has 126 valence electrons. The van der Waals surface area contributed by atoms with Crippen LogP contribution in [0.1, 0.15) is 25.3 Å². The third-order valence-corrected chi connectivity index (χ3v) is 3.73. The van der Waals surface area contributed by atoms with Gasteiger partial charge in [-0.15, -0.1) is 0 Å². The molecule has 1 aliphatic heterocycles. The summed E-state index contributed by atoms with van der Waals surface area (Å²) in [5.74, 6) is -1.29. The summed E-state index contributed by atoms with van der Waals surface area (Å²) in [6.07, 6.45) is -2.95. The molecule has 1 atom stereocenters. The minimum atomic E-state index is -4.63. The van der Waals surface area contributed by atoms with Crippen LogP contribution in [0.2, 0.25) is 0 Å². The first-order chi connectivity index (χ1) is 10.7. The number of rotatable bonds is 2. The molecule has 2 N–H and O–H groups in total. The second-order valence-corrected chi connectivity index (χ2v) is 5.42. The quantitative estimate of drug-likeness (QED) is 0.863. The zero-order chi connectivity index (χ0) is 17.2. The Morgan fingerprint density at radius 1 is 1.39 bits per heavy atom. The second-order valence-electron chi connectivity index (χ2n) is 5.42. The number of anilines is 1. The highest BCUT2D eigenvalue weighted by atomic mass is 19.4. The van der Waals surface area contributed by atoms with Crippen molar-refractivity contribution in [3.8, 4) is 0 Å². The molecule has 1 aliphatic rings. The molecule has 1 saturated heterocycles. The van der Waals surface area contributed by atoms with Gasteiger partial charge in [0.15, 0.2) is 0 Å². The molecule has 0 bridgehead atoms. The number of likely N-dealkylation sites (tertiary alicyclic amines) is 1. The van der Waals surface area contributed by atoms with Gasteiger partial charge in [0.2, 0.25) is 11.8 Å². The molecule has 0 aromatic carbocycles. The standard InChI is InChI=1S/C14H16F3N3O3/c1-8(21)20-4-2-3-9(7-20)12(22)19-11-5-10(14(15,16)17)6-18-13(11)23/h5-6,9H,2-4,7H2,1H3,(H,18,23)(H,19,22)/t9-/m1/s1. The smallest absolute Gasteiger partial charge is 0.342 e. The van der Waals surface area contributed by atoms with Gasteiger partial charge in [-0.1, -0.05) is 0 Å². The number of carbonyl (C=O) groups is 2. The van der Waals surface area contributed by atoms with Crippen LogP contribution in [-0.2, 0) is 15.8 Å². The Labute approximate surface area is 129 Å². The first-order valence-corrected chi connectivity index (χ1v) is 7.05. The Bertz CT molecular complexity index is 669. The van der Waals surface area contributed by atoms with Crippen LogP contribution in [0.25, 0.3) is 0 Å². The van der Waals surface area contributed by atoms with E-state index in [1.54, 1.807) is 0 Å². The van der Waals surface area contributed by atoms with E-state index < -0.39 is 34.8 Å². The fourth-order valence-electron chi connectivity index (χ4n) is 2.45. The van der Waals surface area contributed by atoms with Gasteiger partial charge in [-0.05, 0) is 18.9 Å². The number of piperidine rings is 1. The van der Waals surface area contributed by atoms with E-state index in [1.165, 1.54) is 11.8 Å². The minimum absolute atomic E-state index is 0.167. The van der Waals surface area contributed by atoms with E-state index in [-0.39, 0.29) is 12.5 Å². The molecule has 2 heterocycles. The van der Waals surface area contributed by atoms with Crippen molar-refractivity contribution in [1.82, 2.24) is 9.88 Å². The van der Waals surface area contributed by atoms with Crippen LogP contribution in [-0.4, -0.2) is 34.8 Å². The average molecular weight is 331 g/mol. The highest BCUT2D eigenvalue weighted by Gasteiger charge is 2.32. The number of hydrogen-bond acceptors (Lipinski definition) is 3. The molecule has 0 radical (unpaired) electrons. The van der Waals surface area contributed by atoms with Gasteiger partial charge in [0.25, 0.3) is 5.56 Å². The maximum Gasteiger partial charge on any atom is 0.417 e. The van der Waals surface area contributed by atoms with Gasteiger partial charge in [0.1, 0.15) is 5.69 Å². The summed E-state index contributed by atoms with van der Waals surface area (Å²) < 4.78 is 38.0. The molecule has 1 aromatic rings. The number of H-pyrrole nitrogens is 1. The normalized spacial score (nSPS) is 18.6. The van der Waals surface area contributed by atoms with Crippen LogP contribution < -0.4 is 10.9 Å². The third-order valence-electron chi connectivity index (χ3n) is 3.73. The largest absolute Gasteiger partial charge is 0.417 e. The molecule has 9 heteroatoms. The number of carbonyl (C=O) groups excluding carboxylic acids is 2. The molecule has 23 heavy (non-hydrogen) atoms. The van der Waals surface area contributed by atoms with Crippen molar-refractivity contribution in [2.45, 2.75) is 25.9 Å². The number of aromatic amines is 1. The molecule has 2 amide bonds. The molecule has 1 fully saturated rings. The SMILES string of the molecule is CC(=O)N1CCC[C@@H](C(=O)Nc2cc(C(F)(F)F)c[nH]c2=O)C1. The zero-order valence-electron chi connectivity index (χ0n) is 12.4. The molecular formula is C14H16F3N3O3. The monoisotopic (exact) mass is 331 g/mol. The number of nitrogens with zero attached hydrogens (tertiary/aromatic N) is 1. The van der Waals surface area contributed by atoms with Crippen LogP contribution in [0.15, 0.2) is 17.1 Å². The number of halogens is 3. The van der Waals surface area contributed by atoms with Gasteiger partial charge < -0.3 is 15.2 Å². The maximum absolute atomic E-state index is 12.7. The van der Waals surface area contributed by atoms with E-state index in [4.69, 9.17) is 0 Å². The predicted octanol–water partition coefficient (Wildman–Crippen LogP) is 1.59. The van der Waals surface area contributed by atoms with Crippen molar-refractivity contribution in [3.05, 3.63) is 28.2 Å². The van der Waals surface area contributed by atoms with Crippen molar-refractivity contribution in [3.63, 3.8) is 0 Å². The van der Waals surface area contributed by atoms with Gasteiger partial charge in [-0.2, -0.15) is 13.2 Å². The highest BCUT2D eigenvalue weighted by molar-refractivity contribution is 5.93. The molecule has 2 rings (SSSR count). The summed E-state index contributed by atoms with van der Waals surface area (Å²) in [5.41, 5.74) is -2.32. The van der Waals surface area contributed by atoms with Gasteiger partial charge in [-0.3, -0.25) is 14.4 Å². The topological polar surface area (TPSA) is 82.3 Å². The van der Waals surface area contributed by atoms with E-state index >= 15 is 0 Å². The molecule has 1 aromatic heterocycles. The molecule has 6 nitrogen and oxygen atoms in total. The lowest BCUT2D eigenvalue weighted by Gasteiger charge is -2.31. The molecular weight excluding hydrogens is 315 g/mol. The number of nitrogens with one attached hydrogen (secondary N) is 2. The first kappa shape index (κ1) is 17.0. The first-order valence-electron chi connectivity index (χ1n) is 7.05. The van der Waals surface area contributed by atoms with Crippen molar-refractivity contribution in [2.75, 3.05) is 18.4 Å². The summed E-state index contributed by atoms with van der Waals surface area (Å²) in [6, 6.07) is 0.600. The summed E-state index contributed by atoms with van der Waals surface area (Å²) in [7, 11) is 0. The summed E-state index contributed by atoms with van der Waals surface area (Å²) >= 11 is 0. The van der Waals surface area contributed by atoms with Crippen molar-refractivity contribution in [1.29, 1.82) is 0 Å². The Balaban J connectivity index is 2.14. The van der Waals surface area contributed by atoms with Gasteiger partial charge in [0, 0.05) is 26.2 Å². The van der Waals surface area contributed by atoms with E-state index in [9.17, 15) is 27.6 Å². The fraction of sp³-hybridized carbons (Fsp3) is 0.500. The number of hydrogen-bond donors (Lipinski definition) is 2. The lowest BCUT2D eigenvalue weighted by Crippen LogP contribution is -2.43. The Morgan fingerprint density at radius 2 is 2.09 bits per heavy atom. The zero-order valence-corrected chi connectivity index (χ0v) is 12.4. The molecule has 0 spiro atoms. The summed E-state index contributed by atoms with van der Waals surface area (Å²) in [5, 5.41) is 2.23. The second kappa shape index (κ2) is 6.43. The van der Waals surface area contributed by atoms with Crippen molar-refractivity contribution < 1.29 is 22.8 Å². The van der Waals surface area contributed by atoms with Gasteiger partial charge >= 0.3 is 6.18 Å². The van der Waals surface area contributed by atoms with Crippen molar-refractivity contribution in [2.24, 2.45) is 5.92 Å². The van der Waals surface area contributed by atoms with Gasteiger partial charge in [-0.25, -0.2) is 0 Å². The molecule has 0 aliphatic carbocycles. The summed E-state index contributed by atoms with van der Waals surface area (Å²) in [6.45, 7) is 2.12. The van der Waals surface area contributed by atoms with Crippen LogP contribution in [0, 0.1) is 5.92 Å². The van der Waals surface area contributed by atoms with Crippen LogP contribution in [0.3, 0.4) is 0 Å². The Hall–Kier alpha value is -2.32. The van der Waals surface area contributed by atoms with Crippen LogP contribution in [0.4, 0.5) is 18.9 Å². The number of alkyl halides is 3. The van der Waals surface area contributed by atoms with E-state index in [2.05, 4.69) is 5.32 Å². The predicted molar refractivity (Wildman–Crippen MR) is 75.7 cm³/mol. The van der Waals surface area contributed by atoms with Crippen LogP contribution in [0.5, 0.6) is 0 Å². The lowest BCUT2D eigenvalue weighted by atomic mass is 9.97. The van der Waals surface area contributed by atoms with Gasteiger partial charge in [0.05, 0.1) is 11.5 Å². The van der Waals surface area contributed by atoms with Crippen LogP contribution >= 0.6 is 0 Å². The Kier molecular flexibility index (Phi) is 4.76. The lowest BCUT2D eigenvalue weighted by molar-refractivity contribution is -0.138. The van der Waals surface area contributed by atoms with Crippen molar-refractivity contribution >= 4 is 17.5 Å². The fourth-order valence-corrected chi connectivity index (χ4v) is 2.45. The minimum Gasteiger partial charge on any atom is -0.342 e. The third kappa shape index (κ3) is 4.11. The molecule has 0 saturated carbocycles. The maximum atomic E-state index is 12.7. The Morgan fingerprint density at radius 3 is 2.70 bits per heavy atom. The highest BCUT2D eigenvalue weighted by Crippen LogP contribution is 2.29. The van der Waals surface area contributed by atoms with E-state index in [1.807, 2.05) is 4.98 Å². The average Bonchev–Trinajstić information content (AvgIpc) is 2.48. The summed E-state index contributed by atoms with van der Waals surface area (Å²) in [4.78, 5) is 38.6. The molecule has 0 unspecified atom stereocenters. The number of amides is 2. The van der Waals surface area contributed by atoms with E-state index in [0.717, 1.165) is 0 Å². The van der Waals surface area contributed by atoms with E-state index in [0.29, 0.717) is 31.6 Å². The number of pyridine rings is 1. The number of aromatic nitrogens is 1.